The predicted molar refractivity (Wildman–Crippen MR) is 136 cm³/mol. The summed E-state index contributed by atoms with van der Waals surface area (Å²) in [7, 11) is -1.13. The van der Waals surface area contributed by atoms with Crippen molar-refractivity contribution in [3.05, 3.63) is 72.3 Å². The van der Waals surface area contributed by atoms with Crippen molar-refractivity contribution in [3.8, 4) is 17.2 Å². The van der Waals surface area contributed by atoms with Gasteiger partial charge in [-0.05, 0) is 57.2 Å². The monoisotopic (exact) mass is 498 g/mol. The lowest BCUT2D eigenvalue weighted by Gasteiger charge is -2.25. The SMILES string of the molecule is COc1ccc(N(CC(=O)Nc2cccc(OC(C)C)c2)S(=O)(=O)c2ccc(C)cc2)cc1OC. The molecule has 3 aromatic carbocycles. The number of carbonyl (C=O) groups excluding carboxylic acids is 1. The molecule has 1 amide bonds. The Morgan fingerprint density at radius 3 is 2.26 bits per heavy atom. The predicted octanol–water partition coefficient (Wildman–Crippen LogP) is 4.63. The van der Waals surface area contributed by atoms with Gasteiger partial charge in [0, 0.05) is 17.8 Å². The zero-order chi connectivity index (χ0) is 25.6. The van der Waals surface area contributed by atoms with Gasteiger partial charge >= 0.3 is 0 Å². The van der Waals surface area contributed by atoms with Crippen LogP contribution < -0.4 is 23.8 Å². The lowest BCUT2D eigenvalue weighted by Crippen LogP contribution is -2.38. The molecule has 35 heavy (non-hydrogen) atoms. The van der Waals surface area contributed by atoms with Gasteiger partial charge in [0.25, 0.3) is 10.0 Å². The van der Waals surface area contributed by atoms with Gasteiger partial charge in [0.05, 0.1) is 30.9 Å². The minimum absolute atomic E-state index is 0.0267. The molecule has 0 bridgehead atoms. The molecule has 8 nitrogen and oxygen atoms in total. The van der Waals surface area contributed by atoms with Gasteiger partial charge in [-0.25, -0.2) is 8.42 Å². The molecule has 186 valence electrons. The summed E-state index contributed by atoms with van der Waals surface area (Å²) in [4.78, 5) is 13.1. The molecule has 0 saturated carbocycles. The molecule has 3 rings (SSSR count). The van der Waals surface area contributed by atoms with Gasteiger partial charge in [0.2, 0.25) is 5.91 Å². The first-order valence-corrected chi connectivity index (χ1v) is 12.5. The standard InChI is InChI=1S/C26H30N2O6S/c1-18(2)34-22-8-6-7-20(15-22)27-26(29)17-28(21-11-14-24(32-4)25(16-21)33-5)35(30,31)23-12-9-19(3)10-13-23/h6-16,18H,17H2,1-5H3,(H,27,29). The van der Waals surface area contributed by atoms with Crippen molar-refractivity contribution >= 4 is 27.3 Å². The summed E-state index contributed by atoms with van der Waals surface area (Å²) in [6.45, 7) is 5.22. The van der Waals surface area contributed by atoms with Gasteiger partial charge in [0.1, 0.15) is 12.3 Å². The molecule has 3 aromatic rings. The smallest absolute Gasteiger partial charge is 0.264 e. The van der Waals surface area contributed by atoms with E-state index in [2.05, 4.69) is 5.32 Å². The van der Waals surface area contributed by atoms with E-state index in [0.29, 0.717) is 22.9 Å². The van der Waals surface area contributed by atoms with Crippen molar-refractivity contribution in [2.45, 2.75) is 31.8 Å². The highest BCUT2D eigenvalue weighted by molar-refractivity contribution is 7.92. The van der Waals surface area contributed by atoms with Gasteiger partial charge in [0.15, 0.2) is 11.5 Å². The van der Waals surface area contributed by atoms with E-state index in [4.69, 9.17) is 14.2 Å². The molecule has 1 N–H and O–H groups in total. The van der Waals surface area contributed by atoms with E-state index in [1.807, 2.05) is 20.8 Å². The number of methoxy groups -OCH3 is 2. The van der Waals surface area contributed by atoms with Gasteiger partial charge in [-0.2, -0.15) is 0 Å². The van der Waals surface area contributed by atoms with Gasteiger partial charge in [-0.3, -0.25) is 9.10 Å². The van der Waals surface area contributed by atoms with Crippen molar-refractivity contribution in [1.82, 2.24) is 0 Å². The molecule has 0 radical (unpaired) electrons. The number of nitrogens with one attached hydrogen (secondary N) is 1. The third-order valence-electron chi connectivity index (χ3n) is 5.04. The van der Waals surface area contributed by atoms with E-state index >= 15 is 0 Å². The van der Waals surface area contributed by atoms with E-state index in [1.165, 1.54) is 32.4 Å². The number of aryl methyl sites for hydroxylation is 1. The van der Waals surface area contributed by atoms with Crippen LogP contribution in [0.1, 0.15) is 19.4 Å². The van der Waals surface area contributed by atoms with Crippen molar-refractivity contribution in [3.63, 3.8) is 0 Å². The van der Waals surface area contributed by atoms with Crippen LogP contribution in [-0.2, 0) is 14.8 Å². The summed E-state index contributed by atoms with van der Waals surface area (Å²) in [5.41, 5.74) is 1.67. The van der Waals surface area contributed by atoms with Crippen LogP contribution in [0.5, 0.6) is 17.2 Å². The number of carbonyl (C=O) groups is 1. The van der Waals surface area contributed by atoms with Crippen LogP contribution in [0.25, 0.3) is 0 Å². The number of ether oxygens (including phenoxy) is 3. The quantitative estimate of drug-likeness (QED) is 0.438. The Morgan fingerprint density at radius 1 is 0.943 bits per heavy atom. The zero-order valence-corrected chi connectivity index (χ0v) is 21.3. The summed E-state index contributed by atoms with van der Waals surface area (Å²) in [5, 5.41) is 2.76. The lowest BCUT2D eigenvalue weighted by molar-refractivity contribution is -0.114. The number of rotatable bonds is 10. The van der Waals surface area contributed by atoms with E-state index < -0.39 is 22.5 Å². The maximum Gasteiger partial charge on any atom is 0.264 e. The fraction of sp³-hybridized carbons (Fsp3) is 0.269. The Hall–Kier alpha value is -3.72. The molecule has 0 aliphatic carbocycles. The summed E-state index contributed by atoms with van der Waals surface area (Å²) >= 11 is 0. The Morgan fingerprint density at radius 2 is 1.63 bits per heavy atom. The molecule has 0 saturated heterocycles. The maximum absolute atomic E-state index is 13.6. The third kappa shape index (κ3) is 6.45. The highest BCUT2D eigenvalue weighted by Crippen LogP contribution is 2.34. The molecule has 0 aromatic heterocycles. The molecular formula is C26H30N2O6S. The summed E-state index contributed by atoms with van der Waals surface area (Å²) in [5.74, 6) is 0.863. The van der Waals surface area contributed by atoms with Gasteiger partial charge < -0.3 is 19.5 Å². The molecule has 0 aliphatic heterocycles. The Labute approximate surface area is 206 Å². The molecule has 0 spiro atoms. The molecule has 0 unspecified atom stereocenters. The Bertz CT molecular complexity index is 1270. The first kappa shape index (κ1) is 25.9. The fourth-order valence-electron chi connectivity index (χ4n) is 3.38. The first-order chi connectivity index (χ1) is 16.6. The van der Waals surface area contributed by atoms with Crippen molar-refractivity contribution in [2.75, 3.05) is 30.4 Å². The minimum atomic E-state index is -4.08. The van der Waals surface area contributed by atoms with Crippen LogP contribution in [0.2, 0.25) is 0 Å². The van der Waals surface area contributed by atoms with E-state index in [1.54, 1.807) is 48.5 Å². The van der Waals surface area contributed by atoms with Crippen molar-refractivity contribution in [1.29, 1.82) is 0 Å². The average Bonchev–Trinajstić information content (AvgIpc) is 2.82. The van der Waals surface area contributed by atoms with Crippen LogP contribution in [0.15, 0.2) is 71.6 Å². The molecule has 0 aliphatic rings. The number of hydrogen-bond donors (Lipinski definition) is 1. The lowest BCUT2D eigenvalue weighted by atomic mass is 10.2. The van der Waals surface area contributed by atoms with Crippen molar-refractivity contribution < 1.29 is 27.4 Å². The van der Waals surface area contributed by atoms with Crippen LogP contribution in [0, 0.1) is 6.92 Å². The molecule has 0 atom stereocenters. The second kappa shape index (κ2) is 11.1. The van der Waals surface area contributed by atoms with Crippen LogP contribution >= 0.6 is 0 Å². The molecule has 0 heterocycles. The third-order valence-corrected chi connectivity index (χ3v) is 6.83. The highest BCUT2D eigenvalue weighted by Gasteiger charge is 2.28. The number of hydrogen-bond acceptors (Lipinski definition) is 6. The van der Waals surface area contributed by atoms with E-state index in [9.17, 15) is 13.2 Å². The average molecular weight is 499 g/mol. The summed E-state index contributed by atoms with van der Waals surface area (Å²) in [6.07, 6.45) is -0.0267. The van der Waals surface area contributed by atoms with E-state index in [-0.39, 0.29) is 16.7 Å². The zero-order valence-electron chi connectivity index (χ0n) is 20.4. The number of amides is 1. The number of sulfonamides is 1. The van der Waals surface area contributed by atoms with Crippen LogP contribution in [0.4, 0.5) is 11.4 Å². The summed E-state index contributed by atoms with van der Waals surface area (Å²) in [6, 6.07) is 18.1. The normalized spacial score (nSPS) is 11.1. The first-order valence-electron chi connectivity index (χ1n) is 11.0. The highest BCUT2D eigenvalue weighted by atomic mass is 32.2. The Kier molecular flexibility index (Phi) is 8.24. The maximum atomic E-state index is 13.6. The largest absolute Gasteiger partial charge is 0.493 e. The van der Waals surface area contributed by atoms with Gasteiger partial charge in [-0.15, -0.1) is 0 Å². The van der Waals surface area contributed by atoms with Crippen LogP contribution in [-0.4, -0.2) is 41.2 Å². The summed E-state index contributed by atoms with van der Waals surface area (Å²) < 4.78 is 44.6. The van der Waals surface area contributed by atoms with Crippen molar-refractivity contribution in [2.24, 2.45) is 0 Å². The Balaban J connectivity index is 1.96. The number of benzene rings is 3. The minimum Gasteiger partial charge on any atom is -0.493 e. The second-order valence-electron chi connectivity index (χ2n) is 8.11. The fourth-order valence-corrected chi connectivity index (χ4v) is 4.80. The molecular weight excluding hydrogens is 468 g/mol. The van der Waals surface area contributed by atoms with Crippen LogP contribution in [0.3, 0.4) is 0 Å². The second-order valence-corrected chi connectivity index (χ2v) is 9.97. The number of nitrogens with zero attached hydrogens (tertiary/aromatic N) is 1. The number of anilines is 2. The topological polar surface area (TPSA) is 94.2 Å². The van der Waals surface area contributed by atoms with E-state index in [0.717, 1.165) is 9.87 Å². The van der Waals surface area contributed by atoms with Gasteiger partial charge in [-0.1, -0.05) is 23.8 Å². The molecule has 0 fully saturated rings. The molecule has 9 heteroatoms.